The van der Waals surface area contributed by atoms with Gasteiger partial charge in [0, 0.05) is 20.3 Å². The SMILES string of the molecule is COCOc1cc(OCOC)cc(C(Br)C(=O)O)c1. The zero-order valence-electron chi connectivity index (χ0n) is 10.6. The van der Waals surface area contributed by atoms with Crippen LogP contribution >= 0.6 is 15.9 Å². The first-order valence-electron chi connectivity index (χ1n) is 5.33. The molecule has 7 heteroatoms. The fourth-order valence-electron chi connectivity index (χ4n) is 1.30. The van der Waals surface area contributed by atoms with E-state index in [1.54, 1.807) is 18.2 Å². The maximum atomic E-state index is 11.0. The van der Waals surface area contributed by atoms with Gasteiger partial charge in [-0.2, -0.15) is 0 Å². The first kappa shape index (κ1) is 15.7. The van der Waals surface area contributed by atoms with Gasteiger partial charge in [0.05, 0.1) is 0 Å². The highest BCUT2D eigenvalue weighted by atomic mass is 79.9. The molecule has 1 N–H and O–H groups in total. The third-order valence-corrected chi connectivity index (χ3v) is 3.02. The summed E-state index contributed by atoms with van der Waals surface area (Å²) >= 11 is 3.08. The average Bonchev–Trinajstić information content (AvgIpc) is 2.41. The van der Waals surface area contributed by atoms with E-state index in [0.29, 0.717) is 17.1 Å². The quantitative estimate of drug-likeness (QED) is 0.580. The fourth-order valence-corrected chi connectivity index (χ4v) is 1.57. The van der Waals surface area contributed by atoms with Gasteiger partial charge in [0.1, 0.15) is 16.3 Å². The monoisotopic (exact) mass is 334 g/mol. The minimum Gasteiger partial charge on any atom is -0.480 e. The number of carboxylic acids is 1. The summed E-state index contributed by atoms with van der Waals surface area (Å²) in [6, 6.07) is 4.83. The number of aliphatic carboxylic acids is 1. The first-order chi connectivity index (χ1) is 9.08. The zero-order valence-corrected chi connectivity index (χ0v) is 12.2. The number of hydrogen-bond donors (Lipinski definition) is 1. The Balaban J connectivity index is 2.97. The van der Waals surface area contributed by atoms with Crippen LogP contribution in [-0.4, -0.2) is 38.9 Å². The van der Waals surface area contributed by atoms with Crippen LogP contribution in [0.2, 0.25) is 0 Å². The molecule has 0 aliphatic heterocycles. The zero-order chi connectivity index (χ0) is 14.3. The van der Waals surface area contributed by atoms with E-state index in [2.05, 4.69) is 15.9 Å². The Morgan fingerprint density at radius 3 is 2.00 bits per heavy atom. The maximum Gasteiger partial charge on any atom is 0.321 e. The van der Waals surface area contributed by atoms with Gasteiger partial charge in [-0.1, -0.05) is 15.9 Å². The first-order valence-corrected chi connectivity index (χ1v) is 6.25. The smallest absolute Gasteiger partial charge is 0.321 e. The van der Waals surface area contributed by atoms with Crippen LogP contribution in [0.1, 0.15) is 10.4 Å². The Morgan fingerprint density at radius 2 is 1.63 bits per heavy atom. The third-order valence-electron chi connectivity index (χ3n) is 2.10. The van der Waals surface area contributed by atoms with Gasteiger partial charge in [-0.15, -0.1) is 0 Å². The summed E-state index contributed by atoms with van der Waals surface area (Å²) in [5.74, 6) is -0.0890. The van der Waals surface area contributed by atoms with Crippen LogP contribution in [0.25, 0.3) is 0 Å². The molecule has 1 atom stereocenters. The summed E-state index contributed by atoms with van der Waals surface area (Å²) in [6.07, 6.45) is 0. The topological polar surface area (TPSA) is 74.2 Å². The largest absolute Gasteiger partial charge is 0.480 e. The lowest BCUT2D eigenvalue weighted by atomic mass is 10.1. The average molecular weight is 335 g/mol. The van der Waals surface area contributed by atoms with Crippen molar-refractivity contribution >= 4 is 21.9 Å². The Labute approximate surface area is 119 Å². The molecule has 0 saturated carbocycles. The van der Waals surface area contributed by atoms with Gasteiger partial charge < -0.3 is 24.1 Å². The van der Waals surface area contributed by atoms with Crippen molar-refractivity contribution in [2.24, 2.45) is 0 Å². The highest BCUT2D eigenvalue weighted by molar-refractivity contribution is 9.09. The maximum absolute atomic E-state index is 11.0. The number of rotatable bonds is 8. The molecular formula is C12H15BrO6. The standard InChI is InChI=1S/C12H15BrO6/c1-16-6-18-9-3-8(11(13)12(14)15)4-10(5-9)19-7-17-2/h3-5,11H,6-7H2,1-2H3,(H,14,15). The molecule has 0 spiro atoms. The second-order valence-corrected chi connectivity index (χ2v) is 4.46. The molecule has 1 aromatic carbocycles. The van der Waals surface area contributed by atoms with Crippen LogP contribution in [0.15, 0.2) is 18.2 Å². The number of benzene rings is 1. The summed E-state index contributed by atoms with van der Waals surface area (Å²) in [5.41, 5.74) is 0.507. The number of ether oxygens (including phenoxy) is 4. The molecule has 0 aliphatic rings. The molecule has 1 aromatic rings. The number of halogens is 1. The minimum absolute atomic E-state index is 0.0627. The van der Waals surface area contributed by atoms with Crippen LogP contribution in [0.5, 0.6) is 11.5 Å². The molecule has 0 radical (unpaired) electrons. The van der Waals surface area contributed by atoms with Gasteiger partial charge in [0.25, 0.3) is 0 Å². The molecule has 6 nitrogen and oxygen atoms in total. The molecule has 19 heavy (non-hydrogen) atoms. The minimum atomic E-state index is -0.999. The van der Waals surface area contributed by atoms with Crippen molar-refractivity contribution in [2.75, 3.05) is 27.8 Å². The Kier molecular flexibility index (Phi) is 6.61. The third kappa shape index (κ3) is 5.06. The summed E-state index contributed by atoms with van der Waals surface area (Å²) in [6.45, 7) is 0.125. The summed E-state index contributed by atoms with van der Waals surface area (Å²) < 4.78 is 20.2. The number of carbonyl (C=O) groups is 1. The van der Waals surface area contributed by atoms with Crippen LogP contribution in [-0.2, 0) is 14.3 Å². The fraction of sp³-hybridized carbons (Fsp3) is 0.417. The summed E-state index contributed by atoms with van der Waals surface area (Å²) in [5, 5.41) is 8.99. The van der Waals surface area contributed by atoms with Crippen LogP contribution < -0.4 is 9.47 Å². The predicted molar refractivity (Wildman–Crippen MR) is 70.8 cm³/mol. The number of methoxy groups -OCH3 is 2. The van der Waals surface area contributed by atoms with E-state index in [-0.39, 0.29) is 13.6 Å². The van der Waals surface area contributed by atoms with Gasteiger partial charge in [-0.05, 0) is 17.7 Å². The van der Waals surface area contributed by atoms with E-state index in [0.717, 1.165) is 0 Å². The summed E-state index contributed by atoms with van der Waals surface area (Å²) in [7, 11) is 2.99. The van der Waals surface area contributed by atoms with Crippen molar-refractivity contribution < 1.29 is 28.8 Å². The Bertz CT molecular complexity index is 396. The lowest BCUT2D eigenvalue weighted by molar-refractivity contribution is -0.136. The van der Waals surface area contributed by atoms with E-state index >= 15 is 0 Å². The Morgan fingerprint density at radius 1 is 1.16 bits per heavy atom. The lowest BCUT2D eigenvalue weighted by Crippen LogP contribution is -2.07. The summed E-state index contributed by atoms with van der Waals surface area (Å²) in [4.78, 5) is 10.1. The van der Waals surface area contributed by atoms with Crippen molar-refractivity contribution in [1.82, 2.24) is 0 Å². The van der Waals surface area contributed by atoms with Crippen molar-refractivity contribution in [1.29, 1.82) is 0 Å². The van der Waals surface area contributed by atoms with E-state index in [1.807, 2.05) is 0 Å². The molecule has 0 aromatic heterocycles. The van der Waals surface area contributed by atoms with Gasteiger partial charge in [0.2, 0.25) is 0 Å². The molecule has 0 bridgehead atoms. The number of alkyl halides is 1. The second kappa shape index (κ2) is 7.98. The number of carboxylic acid groups (broad SMARTS) is 1. The molecule has 106 valence electrons. The molecule has 1 unspecified atom stereocenters. The van der Waals surface area contributed by atoms with Crippen molar-refractivity contribution in [3.63, 3.8) is 0 Å². The van der Waals surface area contributed by atoms with Gasteiger partial charge >= 0.3 is 5.97 Å². The van der Waals surface area contributed by atoms with Gasteiger partial charge in [-0.25, -0.2) is 0 Å². The second-order valence-electron chi connectivity index (χ2n) is 3.54. The van der Waals surface area contributed by atoms with E-state index in [4.69, 9.17) is 24.1 Å². The van der Waals surface area contributed by atoms with Crippen molar-refractivity contribution in [2.45, 2.75) is 4.83 Å². The van der Waals surface area contributed by atoms with E-state index < -0.39 is 10.8 Å². The molecule has 0 saturated heterocycles. The molecule has 1 rings (SSSR count). The van der Waals surface area contributed by atoms with Crippen LogP contribution in [0.4, 0.5) is 0 Å². The van der Waals surface area contributed by atoms with Gasteiger partial charge in [-0.3, -0.25) is 4.79 Å². The van der Waals surface area contributed by atoms with Crippen molar-refractivity contribution in [3.05, 3.63) is 23.8 Å². The molecule has 0 amide bonds. The van der Waals surface area contributed by atoms with Crippen LogP contribution in [0.3, 0.4) is 0 Å². The molecule has 0 heterocycles. The number of hydrogen-bond acceptors (Lipinski definition) is 5. The Hall–Kier alpha value is -1.31. The van der Waals surface area contributed by atoms with Crippen LogP contribution in [0, 0.1) is 0 Å². The highest BCUT2D eigenvalue weighted by Crippen LogP contribution is 2.31. The van der Waals surface area contributed by atoms with Crippen molar-refractivity contribution in [3.8, 4) is 11.5 Å². The predicted octanol–water partition coefficient (Wildman–Crippen LogP) is 2.17. The molecule has 0 fully saturated rings. The highest BCUT2D eigenvalue weighted by Gasteiger charge is 2.18. The molecule has 0 aliphatic carbocycles. The normalized spacial score (nSPS) is 11.9. The lowest BCUT2D eigenvalue weighted by Gasteiger charge is -2.12. The van der Waals surface area contributed by atoms with E-state index in [1.165, 1.54) is 14.2 Å². The molecular weight excluding hydrogens is 320 g/mol. The van der Waals surface area contributed by atoms with E-state index in [9.17, 15) is 4.79 Å². The van der Waals surface area contributed by atoms with Gasteiger partial charge in [0.15, 0.2) is 13.6 Å².